The minimum atomic E-state index is 0.528. The molecule has 0 bridgehead atoms. The largest absolute Gasteiger partial charge is 0.378 e. The first kappa shape index (κ1) is 22.2. The monoisotopic (exact) mass is 415 g/mol. The third-order valence-corrected chi connectivity index (χ3v) is 4.75. The quantitative estimate of drug-likeness (QED) is 0.422. The summed E-state index contributed by atoms with van der Waals surface area (Å²) in [5.74, 6) is 1.85. The molecule has 0 aliphatic carbocycles. The highest BCUT2D eigenvalue weighted by molar-refractivity contribution is 5.44. The van der Waals surface area contributed by atoms with Crippen molar-refractivity contribution in [3.8, 4) is 0 Å². The molecular weight excluding hydrogens is 382 g/mol. The number of nitrogens with two attached hydrogens (primary N) is 1. The van der Waals surface area contributed by atoms with Crippen LogP contribution < -0.4 is 21.3 Å². The predicted molar refractivity (Wildman–Crippen MR) is 119 cm³/mol. The van der Waals surface area contributed by atoms with Crippen LogP contribution in [0.25, 0.3) is 0 Å². The summed E-state index contributed by atoms with van der Waals surface area (Å²) in [6.07, 6.45) is 2.33. The average molecular weight is 416 g/mol. The molecule has 9 heteroatoms. The maximum Gasteiger partial charge on any atom is 0.231 e. The van der Waals surface area contributed by atoms with E-state index in [9.17, 15) is 0 Å². The molecule has 3 rings (SSSR count). The van der Waals surface area contributed by atoms with Crippen LogP contribution in [0.4, 0.5) is 17.8 Å². The first-order valence-electron chi connectivity index (χ1n) is 10.6. The van der Waals surface area contributed by atoms with E-state index >= 15 is 0 Å². The molecule has 2 aromatic rings. The van der Waals surface area contributed by atoms with E-state index in [-0.39, 0.29) is 0 Å². The Kier molecular flexibility index (Phi) is 9.07. The van der Waals surface area contributed by atoms with Crippen LogP contribution in [0.2, 0.25) is 0 Å². The van der Waals surface area contributed by atoms with Gasteiger partial charge >= 0.3 is 0 Å². The van der Waals surface area contributed by atoms with E-state index in [4.69, 9.17) is 15.2 Å². The number of hydrogen-bond donors (Lipinski definition) is 3. The van der Waals surface area contributed by atoms with Gasteiger partial charge in [0.2, 0.25) is 17.8 Å². The Labute approximate surface area is 178 Å². The van der Waals surface area contributed by atoms with Crippen molar-refractivity contribution in [2.45, 2.75) is 26.3 Å². The summed E-state index contributed by atoms with van der Waals surface area (Å²) in [4.78, 5) is 16.0. The first-order chi connectivity index (χ1) is 14.7. The van der Waals surface area contributed by atoms with Crippen molar-refractivity contribution >= 4 is 17.8 Å². The van der Waals surface area contributed by atoms with Crippen LogP contribution in [0.5, 0.6) is 0 Å². The van der Waals surface area contributed by atoms with Crippen LogP contribution in [0.3, 0.4) is 0 Å². The lowest BCUT2D eigenvalue weighted by molar-refractivity contribution is 0.0547. The molecule has 9 nitrogen and oxygen atoms in total. The zero-order valence-electron chi connectivity index (χ0n) is 17.8. The molecule has 30 heavy (non-hydrogen) atoms. The van der Waals surface area contributed by atoms with Crippen molar-refractivity contribution in [1.82, 2.24) is 15.0 Å². The smallest absolute Gasteiger partial charge is 0.231 e. The molecule has 1 aliphatic rings. The van der Waals surface area contributed by atoms with Gasteiger partial charge in [-0.1, -0.05) is 29.8 Å². The Balaban J connectivity index is 1.54. The van der Waals surface area contributed by atoms with E-state index in [1.807, 2.05) is 0 Å². The van der Waals surface area contributed by atoms with Crippen molar-refractivity contribution < 1.29 is 9.47 Å². The molecule has 164 valence electrons. The molecule has 1 aromatic heterocycles. The van der Waals surface area contributed by atoms with Gasteiger partial charge in [0, 0.05) is 32.7 Å². The van der Waals surface area contributed by atoms with Gasteiger partial charge in [-0.2, -0.15) is 15.0 Å². The fraction of sp³-hybridized carbons (Fsp3) is 0.571. The lowest BCUT2D eigenvalue weighted by Crippen LogP contribution is -2.23. The summed E-state index contributed by atoms with van der Waals surface area (Å²) in [5, 5.41) is 6.57. The minimum absolute atomic E-state index is 0.528. The normalized spacial score (nSPS) is 13.6. The molecule has 1 aliphatic heterocycles. The lowest BCUT2D eigenvalue weighted by atomic mass is 10.1. The number of aryl methyl sites for hydroxylation is 1. The highest BCUT2D eigenvalue weighted by Gasteiger charge is 2.17. The number of hydrogen-bond acceptors (Lipinski definition) is 9. The SMILES string of the molecule is Cc1ccc(CNc2nc(NCCOCCOCCN)nc(N3CCCC3)n2)cc1. The summed E-state index contributed by atoms with van der Waals surface area (Å²) < 4.78 is 10.8. The van der Waals surface area contributed by atoms with Crippen molar-refractivity contribution in [3.05, 3.63) is 35.4 Å². The molecule has 0 amide bonds. The van der Waals surface area contributed by atoms with Gasteiger partial charge in [-0.15, -0.1) is 0 Å². The van der Waals surface area contributed by atoms with Gasteiger partial charge < -0.3 is 30.7 Å². The molecule has 2 heterocycles. The van der Waals surface area contributed by atoms with Crippen molar-refractivity contribution in [2.24, 2.45) is 5.73 Å². The molecule has 1 fully saturated rings. The number of anilines is 3. The van der Waals surface area contributed by atoms with E-state index in [1.165, 1.54) is 24.0 Å². The Morgan fingerprint density at radius 1 is 0.900 bits per heavy atom. The second-order valence-corrected chi connectivity index (χ2v) is 7.26. The zero-order chi connectivity index (χ0) is 21.0. The van der Waals surface area contributed by atoms with Crippen LogP contribution in [0.1, 0.15) is 24.0 Å². The summed E-state index contributed by atoms with van der Waals surface area (Å²) in [6.45, 7) is 8.04. The van der Waals surface area contributed by atoms with E-state index in [1.54, 1.807) is 0 Å². The van der Waals surface area contributed by atoms with E-state index in [2.05, 4.69) is 61.7 Å². The van der Waals surface area contributed by atoms with Gasteiger partial charge in [0.05, 0.1) is 26.4 Å². The Morgan fingerprint density at radius 2 is 1.57 bits per heavy atom. The second-order valence-electron chi connectivity index (χ2n) is 7.26. The van der Waals surface area contributed by atoms with Gasteiger partial charge in [0.1, 0.15) is 0 Å². The second kappa shape index (κ2) is 12.3. The first-order valence-corrected chi connectivity index (χ1v) is 10.6. The average Bonchev–Trinajstić information content (AvgIpc) is 3.30. The Hall–Kier alpha value is -2.49. The van der Waals surface area contributed by atoms with Crippen LogP contribution >= 0.6 is 0 Å². The topological polar surface area (TPSA) is 110 Å². The van der Waals surface area contributed by atoms with Gasteiger partial charge in [0.25, 0.3) is 0 Å². The van der Waals surface area contributed by atoms with Crippen LogP contribution in [-0.2, 0) is 16.0 Å². The number of rotatable bonds is 13. The molecular formula is C21H33N7O2. The highest BCUT2D eigenvalue weighted by Crippen LogP contribution is 2.19. The summed E-state index contributed by atoms with van der Waals surface area (Å²) >= 11 is 0. The summed E-state index contributed by atoms with van der Waals surface area (Å²) in [6, 6.07) is 8.43. The molecule has 1 saturated heterocycles. The standard InChI is InChI=1S/C21H33N7O2/c1-17-4-6-18(7-5-17)16-24-20-25-19(23-9-13-30-15-14-29-12-8-22)26-21(27-20)28-10-2-3-11-28/h4-7H,2-3,8-16,22H2,1H3,(H2,23,24,25,26,27). The van der Waals surface area contributed by atoms with Crippen molar-refractivity contribution in [2.75, 3.05) is 68.1 Å². The summed E-state index contributed by atoms with van der Waals surface area (Å²) in [5.41, 5.74) is 7.81. The number of benzene rings is 1. The number of ether oxygens (including phenoxy) is 2. The third-order valence-electron chi connectivity index (χ3n) is 4.75. The van der Waals surface area contributed by atoms with E-state index in [0.29, 0.717) is 63.9 Å². The maximum absolute atomic E-state index is 5.55. The van der Waals surface area contributed by atoms with Gasteiger partial charge in [-0.05, 0) is 25.3 Å². The number of nitrogens with zero attached hydrogens (tertiary/aromatic N) is 4. The molecule has 1 aromatic carbocycles. The van der Waals surface area contributed by atoms with Gasteiger partial charge in [-0.25, -0.2) is 0 Å². The minimum Gasteiger partial charge on any atom is -0.378 e. The van der Waals surface area contributed by atoms with E-state index in [0.717, 1.165) is 13.1 Å². The highest BCUT2D eigenvalue weighted by atomic mass is 16.5. The fourth-order valence-corrected chi connectivity index (χ4v) is 3.11. The summed E-state index contributed by atoms with van der Waals surface area (Å²) in [7, 11) is 0. The van der Waals surface area contributed by atoms with Crippen LogP contribution in [-0.4, -0.2) is 67.6 Å². The Bertz CT molecular complexity index is 752. The van der Waals surface area contributed by atoms with Crippen molar-refractivity contribution in [3.63, 3.8) is 0 Å². The zero-order valence-corrected chi connectivity index (χ0v) is 17.8. The molecule has 0 saturated carbocycles. The molecule has 0 unspecified atom stereocenters. The third kappa shape index (κ3) is 7.40. The fourth-order valence-electron chi connectivity index (χ4n) is 3.11. The van der Waals surface area contributed by atoms with Gasteiger partial charge in [0.15, 0.2) is 0 Å². The predicted octanol–water partition coefficient (Wildman–Crippen LogP) is 1.80. The van der Waals surface area contributed by atoms with Crippen molar-refractivity contribution in [1.29, 1.82) is 0 Å². The molecule has 0 atom stereocenters. The van der Waals surface area contributed by atoms with E-state index < -0.39 is 0 Å². The van der Waals surface area contributed by atoms with Gasteiger partial charge in [-0.3, -0.25) is 0 Å². The lowest BCUT2D eigenvalue weighted by Gasteiger charge is -2.17. The van der Waals surface area contributed by atoms with Crippen LogP contribution in [0.15, 0.2) is 24.3 Å². The molecule has 0 radical (unpaired) electrons. The molecule has 0 spiro atoms. The number of aromatic nitrogens is 3. The van der Waals surface area contributed by atoms with Crippen LogP contribution in [0, 0.1) is 6.92 Å². The Morgan fingerprint density at radius 3 is 2.27 bits per heavy atom. The maximum atomic E-state index is 5.55. The number of nitrogens with one attached hydrogen (secondary N) is 2. The molecule has 4 N–H and O–H groups in total.